The largest absolute Gasteiger partial charge is 0.496 e. The van der Waals surface area contributed by atoms with E-state index in [1.807, 2.05) is 56.4 Å². The van der Waals surface area contributed by atoms with Crippen molar-refractivity contribution in [2.45, 2.75) is 26.9 Å². The molecule has 8 heteroatoms. The highest BCUT2D eigenvalue weighted by Gasteiger charge is 2.13. The van der Waals surface area contributed by atoms with Crippen LogP contribution in [0.2, 0.25) is 0 Å². The first-order chi connectivity index (χ1) is 14.0. The number of H-pyrrole nitrogens is 1. The van der Waals surface area contributed by atoms with Crippen molar-refractivity contribution in [1.29, 1.82) is 0 Å². The molecule has 0 amide bonds. The molecule has 2 heterocycles. The zero-order valence-electron chi connectivity index (χ0n) is 18.1. The summed E-state index contributed by atoms with van der Waals surface area (Å²) in [5.74, 6) is 2.52. The van der Waals surface area contributed by atoms with Crippen LogP contribution in [0, 0.1) is 13.8 Å². The number of guanidine groups is 1. The summed E-state index contributed by atoms with van der Waals surface area (Å²) >= 11 is 0. The molecule has 0 radical (unpaired) electrons. The molecule has 0 aliphatic heterocycles. The maximum absolute atomic E-state index is 5.49. The van der Waals surface area contributed by atoms with Crippen LogP contribution in [0.4, 0.5) is 0 Å². The van der Waals surface area contributed by atoms with Crippen LogP contribution < -0.4 is 10.1 Å². The lowest BCUT2D eigenvalue weighted by atomic mass is 10.1. The van der Waals surface area contributed by atoms with E-state index in [0.717, 1.165) is 45.6 Å². The van der Waals surface area contributed by atoms with Crippen molar-refractivity contribution in [1.82, 2.24) is 25.2 Å². The van der Waals surface area contributed by atoms with Gasteiger partial charge >= 0.3 is 0 Å². The van der Waals surface area contributed by atoms with Crippen molar-refractivity contribution in [2.24, 2.45) is 4.99 Å². The number of aromatic amines is 1. The van der Waals surface area contributed by atoms with Crippen LogP contribution in [0.1, 0.15) is 22.6 Å². The van der Waals surface area contributed by atoms with Crippen LogP contribution >= 0.6 is 24.0 Å². The fourth-order valence-electron chi connectivity index (χ4n) is 3.30. The number of ether oxygens (including phenoxy) is 1. The number of aryl methyl sites for hydroxylation is 1. The second-order valence-corrected chi connectivity index (χ2v) is 6.91. The number of halogens is 1. The minimum Gasteiger partial charge on any atom is -0.496 e. The van der Waals surface area contributed by atoms with Crippen LogP contribution in [-0.4, -0.2) is 47.0 Å². The van der Waals surface area contributed by atoms with E-state index in [1.54, 1.807) is 14.2 Å². The third-order valence-corrected chi connectivity index (χ3v) is 4.84. The zero-order valence-corrected chi connectivity index (χ0v) is 20.4. The van der Waals surface area contributed by atoms with Crippen molar-refractivity contribution in [2.75, 3.05) is 21.2 Å². The molecular formula is C22H29IN6O. The van der Waals surface area contributed by atoms with Crippen molar-refractivity contribution in [3.63, 3.8) is 0 Å². The van der Waals surface area contributed by atoms with E-state index in [1.165, 1.54) is 0 Å². The molecule has 2 aromatic heterocycles. The molecule has 7 nitrogen and oxygen atoms in total. The molecule has 0 bridgehead atoms. The molecule has 0 unspecified atom stereocenters. The van der Waals surface area contributed by atoms with E-state index in [-0.39, 0.29) is 24.0 Å². The molecule has 0 atom stereocenters. The predicted molar refractivity (Wildman–Crippen MR) is 131 cm³/mol. The number of imidazole rings is 1. The molecule has 0 saturated heterocycles. The molecule has 0 spiro atoms. The summed E-state index contributed by atoms with van der Waals surface area (Å²) in [6, 6.07) is 10.2. The number of aromatic nitrogens is 3. The molecule has 0 saturated carbocycles. The first kappa shape index (κ1) is 23.7. The van der Waals surface area contributed by atoms with Crippen LogP contribution in [0.5, 0.6) is 5.75 Å². The van der Waals surface area contributed by atoms with Gasteiger partial charge in [0, 0.05) is 31.4 Å². The Bertz CT molecular complexity index is 987. The number of nitrogens with one attached hydrogen (secondary N) is 2. The fourth-order valence-corrected chi connectivity index (χ4v) is 3.30. The molecule has 1 aromatic carbocycles. The maximum atomic E-state index is 5.49. The first-order valence-corrected chi connectivity index (χ1v) is 9.53. The third-order valence-electron chi connectivity index (χ3n) is 4.84. The van der Waals surface area contributed by atoms with Gasteiger partial charge in [0.25, 0.3) is 0 Å². The van der Waals surface area contributed by atoms with Gasteiger partial charge in [0.2, 0.25) is 0 Å². The van der Waals surface area contributed by atoms with Crippen LogP contribution in [0.3, 0.4) is 0 Å². The minimum atomic E-state index is 0. The number of pyridine rings is 1. The zero-order chi connectivity index (χ0) is 20.8. The van der Waals surface area contributed by atoms with Crippen molar-refractivity contribution in [3.05, 3.63) is 65.4 Å². The highest BCUT2D eigenvalue weighted by Crippen LogP contribution is 2.23. The lowest BCUT2D eigenvalue weighted by molar-refractivity contribution is 0.406. The highest BCUT2D eigenvalue weighted by atomic mass is 127. The lowest BCUT2D eigenvalue weighted by Crippen LogP contribution is -2.38. The second-order valence-electron chi connectivity index (χ2n) is 6.91. The molecule has 0 aliphatic carbocycles. The molecule has 3 aromatic rings. The van der Waals surface area contributed by atoms with Crippen LogP contribution in [0.25, 0.3) is 11.3 Å². The standard InChI is InChI=1S/C22H28N6O.HI/c1-15-11-24-18(16(2)21(15)29-5)12-26-22(23-3)28(4)14-20-25-13-19(27-20)17-9-7-6-8-10-17;/h6-11,13H,12,14H2,1-5H3,(H,23,26)(H,25,27);1H. The Balaban J connectivity index is 0.00000320. The Morgan fingerprint density at radius 2 is 1.90 bits per heavy atom. The Kier molecular flexibility index (Phi) is 8.64. The monoisotopic (exact) mass is 520 g/mol. The van der Waals surface area contributed by atoms with Gasteiger partial charge in [-0.05, 0) is 19.4 Å². The Morgan fingerprint density at radius 3 is 2.57 bits per heavy atom. The van der Waals surface area contributed by atoms with Gasteiger partial charge in [0.1, 0.15) is 11.6 Å². The van der Waals surface area contributed by atoms with Gasteiger partial charge in [0.05, 0.1) is 37.8 Å². The van der Waals surface area contributed by atoms with E-state index in [4.69, 9.17) is 4.74 Å². The summed E-state index contributed by atoms with van der Waals surface area (Å²) in [5, 5.41) is 3.37. The quantitative estimate of drug-likeness (QED) is 0.293. The minimum absolute atomic E-state index is 0. The van der Waals surface area contributed by atoms with Crippen LogP contribution in [-0.2, 0) is 13.1 Å². The average Bonchev–Trinajstić information content (AvgIpc) is 3.19. The summed E-state index contributed by atoms with van der Waals surface area (Å²) in [6.07, 6.45) is 3.70. The molecule has 3 rings (SSSR count). The summed E-state index contributed by atoms with van der Waals surface area (Å²) in [6.45, 7) is 5.19. The highest BCUT2D eigenvalue weighted by molar-refractivity contribution is 14.0. The third kappa shape index (κ3) is 5.50. The fraction of sp³-hybridized carbons (Fsp3) is 0.318. The van der Waals surface area contributed by atoms with Crippen molar-refractivity contribution < 1.29 is 4.74 Å². The number of methoxy groups -OCH3 is 1. The molecule has 160 valence electrons. The van der Waals surface area contributed by atoms with Gasteiger partial charge in [-0.25, -0.2) is 4.98 Å². The summed E-state index contributed by atoms with van der Waals surface area (Å²) in [4.78, 5) is 18.8. The number of aliphatic imine (C=N–C) groups is 1. The van der Waals surface area contributed by atoms with E-state index in [9.17, 15) is 0 Å². The van der Waals surface area contributed by atoms with Gasteiger partial charge in [-0.3, -0.25) is 9.98 Å². The lowest BCUT2D eigenvalue weighted by Gasteiger charge is -2.21. The summed E-state index contributed by atoms with van der Waals surface area (Å²) < 4.78 is 5.49. The Labute approximate surface area is 195 Å². The van der Waals surface area contributed by atoms with E-state index in [2.05, 4.69) is 37.4 Å². The summed E-state index contributed by atoms with van der Waals surface area (Å²) in [7, 11) is 5.44. The molecular weight excluding hydrogens is 491 g/mol. The predicted octanol–water partition coefficient (Wildman–Crippen LogP) is 3.92. The summed E-state index contributed by atoms with van der Waals surface area (Å²) in [5.41, 5.74) is 5.13. The number of nitrogens with zero attached hydrogens (tertiary/aromatic N) is 4. The average molecular weight is 520 g/mol. The Hall–Kier alpha value is -2.62. The topological polar surface area (TPSA) is 78.4 Å². The van der Waals surface area contributed by atoms with E-state index >= 15 is 0 Å². The van der Waals surface area contributed by atoms with Crippen molar-refractivity contribution in [3.8, 4) is 17.0 Å². The van der Waals surface area contributed by atoms with Crippen LogP contribution in [0.15, 0.2) is 47.7 Å². The van der Waals surface area contributed by atoms with Gasteiger partial charge in [0.15, 0.2) is 5.96 Å². The molecule has 30 heavy (non-hydrogen) atoms. The normalized spacial score (nSPS) is 11.0. The molecule has 0 fully saturated rings. The number of benzene rings is 1. The second kappa shape index (κ2) is 11.0. The van der Waals surface area contributed by atoms with Gasteiger partial charge in [-0.1, -0.05) is 30.3 Å². The first-order valence-electron chi connectivity index (χ1n) is 9.53. The number of hydrogen-bond acceptors (Lipinski definition) is 4. The van der Waals surface area contributed by atoms with Gasteiger partial charge in [-0.15, -0.1) is 24.0 Å². The Morgan fingerprint density at radius 1 is 1.17 bits per heavy atom. The number of hydrogen-bond donors (Lipinski definition) is 2. The van der Waals surface area contributed by atoms with E-state index in [0.29, 0.717) is 13.1 Å². The maximum Gasteiger partial charge on any atom is 0.194 e. The van der Waals surface area contributed by atoms with Crippen molar-refractivity contribution >= 4 is 29.9 Å². The van der Waals surface area contributed by atoms with Gasteiger partial charge in [-0.2, -0.15) is 0 Å². The smallest absolute Gasteiger partial charge is 0.194 e. The molecule has 0 aliphatic rings. The SMILES string of the molecule is CN=C(NCc1ncc(C)c(OC)c1C)N(C)Cc1ncc(-c2ccccc2)[nH]1.I. The number of rotatable bonds is 6. The molecule has 2 N–H and O–H groups in total. The van der Waals surface area contributed by atoms with Gasteiger partial charge < -0.3 is 19.9 Å². The van der Waals surface area contributed by atoms with E-state index < -0.39 is 0 Å².